The van der Waals surface area contributed by atoms with Crippen LogP contribution in [0.2, 0.25) is 0 Å². The van der Waals surface area contributed by atoms with Gasteiger partial charge in [0, 0.05) is 6.54 Å². The first-order valence-corrected chi connectivity index (χ1v) is 9.00. The van der Waals surface area contributed by atoms with Crippen molar-refractivity contribution in [1.29, 1.82) is 0 Å². The topological polar surface area (TPSA) is 56.8 Å². The van der Waals surface area contributed by atoms with E-state index >= 15 is 0 Å². The number of rotatable bonds is 7. The molecule has 0 aliphatic carbocycles. The van der Waals surface area contributed by atoms with Crippen molar-refractivity contribution in [1.82, 2.24) is 5.32 Å². The van der Waals surface area contributed by atoms with Gasteiger partial charge in [-0.15, -0.1) is 0 Å². The van der Waals surface area contributed by atoms with Gasteiger partial charge < -0.3 is 19.5 Å². The molecular formula is C22H29NO4. The third-order valence-electron chi connectivity index (χ3n) is 4.32. The number of nitrogens with one attached hydrogen (secondary N) is 1. The largest absolute Gasteiger partial charge is 0.493 e. The number of amides is 1. The van der Waals surface area contributed by atoms with E-state index in [1.54, 1.807) is 21.1 Å². The highest BCUT2D eigenvalue weighted by atomic mass is 16.5. The third-order valence-corrected chi connectivity index (χ3v) is 4.32. The lowest BCUT2D eigenvalue weighted by molar-refractivity contribution is -0.127. The van der Waals surface area contributed by atoms with Gasteiger partial charge in [-0.25, -0.2) is 0 Å². The van der Waals surface area contributed by atoms with Gasteiger partial charge in [0.15, 0.2) is 17.6 Å². The predicted molar refractivity (Wildman–Crippen MR) is 107 cm³/mol. The monoisotopic (exact) mass is 371 g/mol. The van der Waals surface area contributed by atoms with Gasteiger partial charge in [0.1, 0.15) is 5.75 Å². The molecule has 1 N–H and O–H groups in total. The van der Waals surface area contributed by atoms with Crippen molar-refractivity contribution >= 4 is 5.91 Å². The van der Waals surface area contributed by atoms with Crippen LogP contribution in [0.25, 0.3) is 0 Å². The minimum Gasteiger partial charge on any atom is -0.493 e. The molecule has 2 aromatic rings. The van der Waals surface area contributed by atoms with Crippen molar-refractivity contribution < 1.29 is 19.0 Å². The van der Waals surface area contributed by atoms with Gasteiger partial charge in [0.2, 0.25) is 0 Å². The average Bonchev–Trinajstić information content (AvgIpc) is 2.65. The van der Waals surface area contributed by atoms with Crippen molar-refractivity contribution in [3.63, 3.8) is 0 Å². The van der Waals surface area contributed by atoms with Gasteiger partial charge in [0.05, 0.1) is 14.2 Å². The molecule has 5 heteroatoms. The standard InChI is InChI=1S/C22H29NO4/c1-15(27-18-10-8-17(9-11-18)22(2,3)4)21(24)23-14-16-7-12-19(25-5)20(13-16)26-6/h7-13,15H,14H2,1-6H3,(H,23,24)/t15-/m1/s1. The van der Waals surface area contributed by atoms with Crippen LogP contribution in [0, 0.1) is 0 Å². The zero-order chi connectivity index (χ0) is 20.0. The van der Waals surface area contributed by atoms with E-state index in [4.69, 9.17) is 14.2 Å². The Labute approximate surface area is 161 Å². The zero-order valence-electron chi connectivity index (χ0n) is 17.0. The summed E-state index contributed by atoms with van der Waals surface area (Å²) in [7, 11) is 3.17. The number of methoxy groups -OCH3 is 2. The first-order valence-electron chi connectivity index (χ1n) is 9.00. The molecule has 1 amide bonds. The van der Waals surface area contributed by atoms with Gasteiger partial charge >= 0.3 is 0 Å². The van der Waals surface area contributed by atoms with Crippen LogP contribution >= 0.6 is 0 Å². The molecule has 0 unspecified atom stereocenters. The summed E-state index contributed by atoms with van der Waals surface area (Å²) in [4.78, 5) is 12.3. The van der Waals surface area contributed by atoms with Crippen LogP contribution in [-0.2, 0) is 16.8 Å². The smallest absolute Gasteiger partial charge is 0.261 e. The van der Waals surface area contributed by atoms with E-state index in [2.05, 4.69) is 26.1 Å². The van der Waals surface area contributed by atoms with Crippen molar-refractivity contribution in [3.8, 4) is 17.2 Å². The average molecular weight is 371 g/mol. The van der Waals surface area contributed by atoms with E-state index in [9.17, 15) is 4.79 Å². The van der Waals surface area contributed by atoms with E-state index in [0.29, 0.717) is 23.8 Å². The molecule has 0 aliphatic heterocycles. The predicted octanol–water partition coefficient (Wildman–Crippen LogP) is 4.09. The number of carbonyl (C=O) groups excluding carboxylic acids is 1. The third kappa shape index (κ3) is 5.64. The molecule has 1 atom stereocenters. The van der Waals surface area contributed by atoms with Crippen LogP contribution in [0.5, 0.6) is 17.2 Å². The second kappa shape index (κ2) is 8.80. The number of ether oxygens (including phenoxy) is 3. The molecule has 0 heterocycles. The van der Waals surface area contributed by atoms with Crippen LogP contribution in [0.4, 0.5) is 0 Å². The van der Waals surface area contributed by atoms with Crippen LogP contribution < -0.4 is 19.5 Å². The Balaban J connectivity index is 1.92. The lowest BCUT2D eigenvalue weighted by Gasteiger charge is -2.20. The number of hydrogen-bond acceptors (Lipinski definition) is 4. The summed E-state index contributed by atoms with van der Waals surface area (Å²) < 4.78 is 16.3. The molecule has 0 radical (unpaired) electrons. The molecule has 2 aromatic carbocycles. The Morgan fingerprint density at radius 1 is 1.00 bits per heavy atom. The zero-order valence-corrected chi connectivity index (χ0v) is 17.0. The highest BCUT2D eigenvalue weighted by Gasteiger charge is 2.16. The summed E-state index contributed by atoms with van der Waals surface area (Å²) in [6, 6.07) is 13.4. The second-order valence-corrected chi connectivity index (χ2v) is 7.44. The van der Waals surface area contributed by atoms with Gasteiger partial charge in [-0.1, -0.05) is 39.0 Å². The maximum atomic E-state index is 12.3. The number of benzene rings is 2. The summed E-state index contributed by atoms with van der Waals surface area (Å²) in [5, 5.41) is 2.88. The fraction of sp³-hybridized carbons (Fsp3) is 0.409. The van der Waals surface area contributed by atoms with Crippen LogP contribution in [0.3, 0.4) is 0 Å². The lowest BCUT2D eigenvalue weighted by atomic mass is 9.87. The lowest BCUT2D eigenvalue weighted by Crippen LogP contribution is -2.35. The van der Waals surface area contributed by atoms with E-state index < -0.39 is 6.10 Å². The summed E-state index contributed by atoms with van der Waals surface area (Å²) in [5.41, 5.74) is 2.23. The molecule has 0 spiro atoms. The van der Waals surface area contributed by atoms with Crippen molar-refractivity contribution in [2.45, 2.75) is 45.8 Å². The fourth-order valence-corrected chi connectivity index (χ4v) is 2.61. The SMILES string of the molecule is COc1ccc(CNC(=O)[C@@H](C)Oc2ccc(C(C)(C)C)cc2)cc1OC. The minimum absolute atomic E-state index is 0.0843. The molecule has 2 rings (SSSR count). The minimum atomic E-state index is -0.592. The first-order chi connectivity index (χ1) is 12.7. The van der Waals surface area contributed by atoms with Crippen LogP contribution in [0.1, 0.15) is 38.8 Å². The molecule has 0 aliphatic rings. The Kier molecular flexibility index (Phi) is 6.72. The highest BCUT2D eigenvalue weighted by molar-refractivity contribution is 5.80. The fourth-order valence-electron chi connectivity index (χ4n) is 2.61. The normalized spacial score (nSPS) is 12.2. The molecule has 5 nitrogen and oxygen atoms in total. The molecule has 0 bridgehead atoms. The van der Waals surface area contributed by atoms with Gasteiger partial charge in [0.25, 0.3) is 5.91 Å². The molecule has 146 valence electrons. The molecule has 0 fully saturated rings. The Morgan fingerprint density at radius 3 is 2.19 bits per heavy atom. The molecule has 0 saturated heterocycles. The van der Waals surface area contributed by atoms with Crippen molar-refractivity contribution in [2.75, 3.05) is 14.2 Å². The summed E-state index contributed by atoms with van der Waals surface area (Å²) in [5.74, 6) is 1.79. The van der Waals surface area contributed by atoms with Crippen molar-refractivity contribution in [2.24, 2.45) is 0 Å². The maximum absolute atomic E-state index is 12.3. The molecular weight excluding hydrogens is 342 g/mol. The first kappa shape index (κ1) is 20.6. The van der Waals surface area contributed by atoms with Crippen LogP contribution in [0.15, 0.2) is 42.5 Å². The molecule has 0 aromatic heterocycles. The Bertz CT molecular complexity index is 763. The maximum Gasteiger partial charge on any atom is 0.261 e. The number of hydrogen-bond donors (Lipinski definition) is 1. The quantitative estimate of drug-likeness (QED) is 0.797. The van der Waals surface area contributed by atoms with Crippen molar-refractivity contribution in [3.05, 3.63) is 53.6 Å². The van der Waals surface area contributed by atoms with E-state index in [1.165, 1.54) is 5.56 Å². The second-order valence-electron chi connectivity index (χ2n) is 7.44. The van der Waals surface area contributed by atoms with Gasteiger partial charge in [-0.05, 0) is 47.7 Å². The summed E-state index contributed by atoms with van der Waals surface area (Å²) in [6.07, 6.45) is -0.592. The summed E-state index contributed by atoms with van der Waals surface area (Å²) in [6.45, 7) is 8.60. The van der Waals surface area contributed by atoms with Gasteiger partial charge in [-0.3, -0.25) is 4.79 Å². The van der Waals surface area contributed by atoms with E-state index in [1.807, 2.05) is 42.5 Å². The number of carbonyl (C=O) groups is 1. The Hall–Kier alpha value is -2.69. The van der Waals surface area contributed by atoms with E-state index in [-0.39, 0.29) is 11.3 Å². The molecule has 27 heavy (non-hydrogen) atoms. The Morgan fingerprint density at radius 2 is 1.63 bits per heavy atom. The van der Waals surface area contributed by atoms with Crippen LogP contribution in [-0.4, -0.2) is 26.2 Å². The van der Waals surface area contributed by atoms with E-state index in [0.717, 1.165) is 5.56 Å². The van der Waals surface area contributed by atoms with Gasteiger partial charge in [-0.2, -0.15) is 0 Å². The summed E-state index contributed by atoms with van der Waals surface area (Å²) >= 11 is 0. The molecule has 0 saturated carbocycles. The highest BCUT2D eigenvalue weighted by Crippen LogP contribution is 2.27.